The minimum absolute atomic E-state index is 0.0395. The molecule has 1 aliphatic heterocycles. The lowest BCUT2D eigenvalue weighted by Crippen LogP contribution is -2.50. The van der Waals surface area contributed by atoms with Gasteiger partial charge in [0.2, 0.25) is 5.91 Å². The average molecular weight is 553 g/mol. The predicted octanol–water partition coefficient (Wildman–Crippen LogP) is 4.56. The van der Waals surface area contributed by atoms with Crippen LogP contribution in [0.1, 0.15) is 33.8 Å². The number of carbonyl (C=O) groups excluding carboxylic acids is 2. The van der Waals surface area contributed by atoms with Crippen LogP contribution in [0.2, 0.25) is 5.02 Å². The molecule has 2 aromatic carbocycles. The van der Waals surface area contributed by atoms with Crippen LogP contribution in [0.5, 0.6) is 0 Å². The molecule has 0 aliphatic carbocycles. The fourth-order valence-electron chi connectivity index (χ4n) is 4.15. The Labute approximate surface area is 228 Å². The molecule has 4 aromatic rings. The van der Waals surface area contributed by atoms with Gasteiger partial charge in [0, 0.05) is 49.9 Å². The van der Waals surface area contributed by atoms with Crippen LogP contribution in [0.4, 0.5) is 0 Å². The zero-order chi connectivity index (χ0) is 25.8. The summed E-state index contributed by atoms with van der Waals surface area (Å²) in [6, 6.07) is 17.8. The van der Waals surface area contributed by atoms with E-state index in [2.05, 4.69) is 27.3 Å². The second kappa shape index (κ2) is 11.5. The first-order chi connectivity index (χ1) is 18.0. The average Bonchev–Trinajstić information content (AvgIpc) is 3.55. The van der Waals surface area contributed by atoms with Gasteiger partial charge in [-0.1, -0.05) is 59.8 Å². The number of hydrogen-bond acceptors (Lipinski definition) is 7. The lowest BCUT2D eigenvalue weighted by Gasteiger charge is -2.33. The molecule has 0 radical (unpaired) electrons. The molecule has 0 atom stereocenters. The van der Waals surface area contributed by atoms with Gasteiger partial charge in [-0.25, -0.2) is 4.98 Å². The molecule has 1 aliphatic rings. The lowest BCUT2D eigenvalue weighted by atomic mass is 10.1. The van der Waals surface area contributed by atoms with E-state index in [0.29, 0.717) is 49.1 Å². The Morgan fingerprint density at radius 3 is 2.49 bits per heavy atom. The lowest BCUT2D eigenvalue weighted by molar-refractivity contribution is -0.130. The molecule has 0 spiro atoms. The van der Waals surface area contributed by atoms with E-state index in [-0.39, 0.29) is 11.8 Å². The van der Waals surface area contributed by atoms with Crippen LogP contribution >= 0.6 is 34.7 Å². The van der Waals surface area contributed by atoms with E-state index in [1.165, 1.54) is 23.1 Å². The summed E-state index contributed by atoms with van der Waals surface area (Å²) in [5, 5.41) is 13.0. The van der Waals surface area contributed by atoms with Gasteiger partial charge in [-0.2, -0.15) is 0 Å². The predicted molar refractivity (Wildman–Crippen MR) is 145 cm³/mol. The number of aromatic nitrogens is 4. The topological polar surface area (TPSA) is 84.2 Å². The number of thioether (sulfide) groups is 1. The first-order valence-electron chi connectivity index (χ1n) is 11.8. The van der Waals surface area contributed by atoms with E-state index in [1.54, 1.807) is 22.1 Å². The van der Waals surface area contributed by atoms with Gasteiger partial charge in [-0.3, -0.25) is 14.2 Å². The van der Waals surface area contributed by atoms with Crippen molar-refractivity contribution in [1.29, 1.82) is 0 Å². The van der Waals surface area contributed by atoms with E-state index in [1.807, 2.05) is 47.0 Å². The van der Waals surface area contributed by atoms with E-state index >= 15 is 0 Å². The largest absolute Gasteiger partial charge is 0.339 e. The van der Waals surface area contributed by atoms with Gasteiger partial charge in [0.25, 0.3) is 5.91 Å². The molecule has 37 heavy (non-hydrogen) atoms. The van der Waals surface area contributed by atoms with Crippen molar-refractivity contribution in [2.45, 2.75) is 24.3 Å². The van der Waals surface area contributed by atoms with Crippen LogP contribution in [-0.2, 0) is 17.0 Å². The Hall–Kier alpha value is -3.21. The molecule has 0 N–H and O–H groups in total. The van der Waals surface area contributed by atoms with Crippen LogP contribution in [0.3, 0.4) is 0 Å². The monoisotopic (exact) mass is 552 g/mol. The molecule has 1 fully saturated rings. The number of halogens is 1. The molecule has 5 rings (SSSR count). The van der Waals surface area contributed by atoms with Crippen LogP contribution in [0.25, 0.3) is 5.69 Å². The van der Waals surface area contributed by atoms with Gasteiger partial charge in [-0.15, -0.1) is 21.5 Å². The molecule has 190 valence electrons. The van der Waals surface area contributed by atoms with Crippen molar-refractivity contribution in [2.75, 3.05) is 26.2 Å². The minimum atomic E-state index is -0.0945. The van der Waals surface area contributed by atoms with Crippen molar-refractivity contribution >= 4 is 46.5 Å². The molecule has 1 saturated heterocycles. The van der Waals surface area contributed by atoms with Crippen molar-refractivity contribution in [3.8, 4) is 5.69 Å². The molecule has 0 bridgehead atoms. The number of piperazine rings is 1. The maximum Gasteiger partial charge on any atom is 0.273 e. The normalized spacial score (nSPS) is 13.7. The van der Waals surface area contributed by atoms with Gasteiger partial charge >= 0.3 is 0 Å². The fraction of sp³-hybridized carbons (Fsp3) is 0.269. The second-order valence-corrected chi connectivity index (χ2v) is 10.9. The number of benzene rings is 2. The Morgan fingerprint density at radius 2 is 1.76 bits per heavy atom. The third-order valence-electron chi connectivity index (χ3n) is 6.08. The summed E-state index contributed by atoms with van der Waals surface area (Å²) in [5.41, 5.74) is 2.48. The Balaban J connectivity index is 1.30. The first kappa shape index (κ1) is 25.4. The molecule has 0 saturated carbocycles. The van der Waals surface area contributed by atoms with E-state index < -0.39 is 0 Å². The Bertz CT molecular complexity index is 1400. The van der Waals surface area contributed by atoms with Gasteiger partial charge in [0.05, 0.1) is 11.4 Å². The maximum atomic E-state index is 12.9. The van der Waals surface area contributed by atoms with E-state index in [9.17, 15) is 9.59 Å². The number of amides is 2. The number of hydrogen-bond donors (Lipinski definition) is 0. The second-order valence-electron chi connectivity index (χ2n) is 8.59. The quantitative estimate of drug-likeness (QED) is 0.312. The third-order valence-corrected chi connectivity index (χ3v) is 8.29. The summed E-state index contributed by atoms with van der Waals surface area (Å²) < 4.78 is 2.03. The number of thiazole rings is 1. The Morgan fingerprint density at radius 1 is 1.00 bits per heavy atom. The first-order valence-corrected chi connectivity index (χ1v) is 14.1. The summed E-state index contributed by atoms with van der Waals surface area (Å²) in [5.74, 6) is 1.32. The van der Waals surface area contributed by atoms with Crippen molar-refractivity contribution in [3.05, 3.63) is 87.1 Å². The van der Waals surface area contributed by atoms with Gasteiger partial charge in [0.15, 0.2) is 5.16 Å². The van der Waals surface area contributed by atoms with Gasteiger partial charge in [0.1, 0.15) is 16.5 Å². The summed E-state index contributed by atoms with van der Waals surface area (Å²) in [4.78, 5) is 32.6. The number of nitrogens with zero attached hydrogens (tertiary/aromatic N) is 6. The van der Waals surface area contributed by atoms with Crippen LogP contribution in [-0.4, -0.2) is 67.5 Å². The summed E-state index contributed by atoms with van der Waals surface area (Å²) in [6.07, 6.45) is 0.633. The van der Waals surface area contributed by atoms with Crippen molar-refractivity contribution in [3.63, 3.8) is 0 Å². The van der Waals surface area contributed by atoms with Gasteiger partial charge in [-0.05, 0) is 23.8 Å². The SMILES string of the molecule is CC(=O)N1CCN(C(=O)c2csc(CSc3nnc(Cc4ccccc4)n3-c3cccc(Cl)c3)n2)CC1. The van der Waals surface area contributed by atoms with Crippen molar-refractivity contribution < 1.29 is 9.59 Å². The minimum Gasteiger partial charge on any atom is -0.339 e. The zero-order valence-electron chi connectivity index (χ0n) is 20.2. The van der Waals surface area contributed by atoms with E-state index in [0.717, 1.165) is 27.2 Å². The smallest absolute Gasteiger partial charge is 0.273 e. The van der Waals surface area contributed by atoms with Crippen molar-refractivity contribution in [1.82, 2.24) is 29.5 Å². The number of carbonyl (C=O) groups is 2. The summed E-state index contributed by atoms with van der Waals surface area (Å²) >= 11 is 9.27. The van der Waals surface area contributed by atoms with E-state index in [4.69, 9.17) is 11.6 Å². The maximum absolute atomic E-state index is 12.9. The van der Waals surface area contributed by atoms with Crippen molar-refractivity contribution in [2.24, 2.45) is 0 Å². The summed E-state index contributed by atoms with van der Waals surface area (Å²) in [7, 11) is 0. The highest BCUT2D eigenvalue weighted by molar-refractivity contribution is 7.98. The molecule has 0 unspecified atom stereocenters. The number of rotatable bonds is 7. The highest BCUT2D eigenvalue weighted by atomic mass is 35.5. The molecule has 3 heterocycles. The Kier molecular flexibility index (Phi) is 7.87. The molecule has 8 nitrogen and oxygen atoms in total. The molecular weight excluding hydrogens is 528 g/mol. The molecule has 2 amide bonds. The fourth-order valence-corrected chi connectivity index (χ4v) is 6.09. The zero-order valence-corrected chi connectivity index (χ0v) is 22.6. The molecule has 11 heteroatoms. The highest BCUT2D eigenvalue weighted by Gasteiger charge is 2.25. The van der Waals surface area contributed by atoms with Crippen LogP contribution in [0.15, 0.2) is 65.1 Å². The van der Waals surface area contributed by atoms with Crippen LogP contribution in [0, 0.1) is 0 Å². The molecule has 2 aromatic heterocycles. The highest BCUT2D eigenvalue weighted by Crippen LogP contribution is 2.28. The molecular formula is C26H25ClN6O2S2. The van der Waals surface area contributed by atoms with Crippen LogP contribution < -0.4 is 0 Å². The van der Waals surface area contributed by atoms with Gasteiger partial charge < -0.3 is 9.80 Å². The third kappa shape index (κ3) is 6.03. The summed E-state index contributed by atoms with van der Waals surface area (Å²) in [6.45, 7) is 3.70. The standard InChI is InChI=1S/C26H25ClN6O2S2/c1-18(34)31-10-12-32(13-11-31)25(35)22-16-36-24(28-22)17-37-26-30-29-23(14-19-6-3-2-4-7-19)33(26)21-9-5-8-20(27)15-21/h2-9,15-16H,10-14,17H2,1H3.